The third-order valence-corrected chi connectivity index (χ3v) is 3.94. The van der Waals surface area contributed by atoms with Crippen LogP contribution in [0.3, 0.4) is 0 Å². The van der Waals surface area contributed by atoms with Crippen molar-refractivity contribution in [2.45, 2.75) is 6.73 Å². The van der Waals surface area contributed by atoms with Gasteiger partial charge in [-0.05, 0) is 12.1 Å². The molecule has 2 aromatic carbocycles. The minimum Gasteiger partial charge on any atom is -0.496 e. The zero-order chi connectivity index (χ0) is 22.5. The first-order valence-electron chi connectivity index (χ1n) is 8.52. The number of nitrogens with one attached hydrogen (secondary N) is 1. The number of benzene rings is 2. The first-order chi connectivity index (χ1) is 14.8. The molecule has 3 aromatic rings. The molecule has 0 bridgehead atoms. The maximum atomic E-state index is 13.4. The molecular weight excluding hydrogens is 417 g/mol. The molecule has 1 aromatic heterocycles. The lowest BCUT2D eigenvalue weighted by Crippen LogP contribution is -2.14. The van der Waals surface area contributed by atoms with Crippen LogP contribution in [0, 0.1) is 26.0 Å². The quantitative estimate of drug-likeness (QED) is 0.422. The normalized spacial score (nSPS) is 10.4. The van der Waals surface area contributed by atoms with Gasteiger partial charge in [-0.15, -0.1) is 0 Å². The average molecular weight is 431 g/mol. The molecule has 0 atom stereocenters. The second-order valence-corrected chi connectivity index (χ2v) is 6.01. The number of anilines is 1. The number of amides is 1. The van der Waals surface area contributed by atoms with Gasteiger partial charge < -0.3 is 14.8 Å². The van der Waals surface area contributed by atoms with E-state index in [2.05, 4.69) is 10.4 Å². The molecule has 1 N–H and O–H groups in total. The van der Waals surface area contributed by atoms with Crippen molar-refractivity contribution >= 4 is 23.0 Å². The molecule has 31 heavy (non-hydrogen) atoms. The maximum absolute atomic E-state index is 13.4. The summed E-state index contributed by atoms with van der Waals surface area (Å²) in [7, 11) is 1.33. The van der Waals surface area contributed by atoms with Crippen LogP contribution >= 0.6 is 0 Å². The fourth-order valence-corrected chi connectivity index (χ4v) is 2.52. The highest BCUT2D eigenvalue weighted by atomic mass is 19.1. The molecule has 13 heteroatoms. The Bertz CT molecular complexity index is 1160. The van der Waals surface area contributed by atoms with Gasteiger partial charge in [0.1, 0.15) is 11.6 Å². The Labute approximate surface area is 173 Å². The predicted molar refractivity (Wildman–Crippen MR) is 104 cm³/mol. The van der Waals surface area contributed by atoms with E-state index in [1.807, 2.05) is 0 Å². The second kappa shape index (κ2) is 8.86. The van der Waals surface area contributed by atoms with E-state index < -0.39 is 27.3 Å². The standard InChI is InChI=1S/C18H14FN5O7/c1-30-14-8-12(7-13(9-14)23(26)27)20-18(25)15-4-5-22(21-15)10-31-17-6-11(19)2-3-16(17)24(28)29/h2-9H,10H2,1H3,(H,20,25). The van der Waals surface area contributed by atoms with Crippen molar-refractivity contribution in [2.24, 2.45) is 0 Å². The van der Waals surface area contributed by atoms with Crippen LogP contribution in [-0.2, 0) is 6.73 Å². The largest absolute Gasteiger partial charge is 0.496 e. The van der Waals surface area contributed by atoms with Crippen molar-refractivity contribution in [1.82, 2.24) is 9.78 Å². The van der Waals surface area contributed by atoms with Crippen LogP contribution in [0.4, 0.5) is 21.5 Å². The number of nitrogens with zero attached hydrogens (tertiary/aromatic N) is 4. The van der Waals surface area contributed by atoms with Gasteiger partial charge in [-0.2, -0.15) is 5.10 Å². The summed E-state index contributed by atoms with van der Waals surface area (Å²) >= 11 is 0. The summed E-state index contributed by atoms with van der Waals surface area (Å²) < 4.78 is 24.7. The van der Waals surface area contributed by atoms with E-state index in [0.29, 0.717) is 0 Å². The number of hydrogen-bond donors (Lipinski definition) is 1. The molecule has 0 fully saturated rings. The molecule has 3 rings (SSSR count). The Morgan fingerprint density at radius 2 is 1.94 bits per heavy atom. The summed E-state index contributed by atoms with van der Waals surface area (Å²) in [5.74, 6) is -1.50. The Morgan fingerprint density at radius 3 is 2.61 bits per heavy atom. The van der Waals surface area contributed by atoms with E-state index in [1.165, 1.54) is 31.5 Å². The molecule has 0 aliphatic carbocycles. The van der Waals surface area contributed by atoms with Gasteiger partial charge in [0.15, 0.2) is 12.4 Å². The Balaban J connectivity index is 1.71. The lowest BCUT2D eigenvalue weighted by Gasteiger charge is -2.07. The van der Waals surface area contributed by atoms with E-state index >= 15 is 0 Å². The van der Waals surface area contributed by atoms with E-state index in [4.69, 9.17) is 9.47 Å². The fourth-order valence-electron chi connectivity index (χ4n) is 2.52. The minimum absolute atomic E-state index is 0.0529. The van der Waals surface area contributed by atoms with Crippen LogP contribution in [0.5, 0.6) is 11.5 Å². The van der Waals surface area contributed by atoms with Gasteiger partial charge in [0.2, 0.25) is 5.75 Å². The van der Waals surface area contributed by atoms with Crippen molar-refractivity contribution in [3.05, 3.63) is 80.4 Å². The lowest BCUT2D eigenvalue weighted by molar-refractivity contribution is -0.386. The highest BCUT2D eigenvalue weighted by Gasteiger charge is 2.17. The van der Waals surface area contributed by atoms with Gasteiger partial charge >= 0.3 is 5.69 Å². The number of ether oxygens (including phenoxy) is 2. The number of nitro groups is 2. The molecule has 0 saturated heterocycles. The van der Waals surface area contributed by atoms with Crippen molar-refractivity contribution in [1.29, 1.82) is 0 Å². The van der Waals surface area contributed by atoms with Gasteiger partial charge in [-0.1, -0.05) is 0 Å². The van der Waals surface area contributed by atoms with Crippen molar-refractivity contribution in [3.63, 3.8) is 0 Å². The topological polar surface area (TPSA) is 152 Å². The number of non-ortho nitro benzene ring substituents is 1. The van der Waals surface area contributed by atoms with E-state index in [-0.39, 0.29) is 35.3 Å². The molecule has 160 valence electrons. The van der Waals surface area contributed by atoms with Crippen molar-refractivity contribution < 1.29 is 28.5 Å². The minimum atomic E-state index is -0.718. The van der Waals surface area contributed by atoms with Gasteiger partial charge in [0.05, 0.1) is 28.7 Å². The molecule has 0 aliphatic heterocycles. The van der Waals surface area contributed by atoms with E-state index in [9.17, 15) is 29.4 Å². The third kappa shape index (κ3) is 5.09. The molecule has 12 nitrogen and oxygen atoms in total. The van der Waals surface area contributed by atoms with Crippen molar-refractivity contribution in [2.75, 3.05) is 12.4 Å². The summed E-state index contributed by atoms with van der Waals surface area (Å²) in [5, 5.41) is 28.4. The lowest BCUT2D eigenvalue weighted by atomic mass is 10.2. The summed E-state index contributed by atoms with van der Waals surface area (Å²) in [6.07, 6.45) is 1.37. The zero-order valence-electron chi connectivity index (χ0n) is 15.9. The molecule has 0 aliphatic rings. The Hall–Kier alpha value is -4.55. The third-order valence-electron chi connectivity index (χ3n) is 3.94. The number of hydrogen-bond acceptors (Lipinski definition) is 8. The number of carbonyl (C=O) groups is 1. The van der Waals surface area contributed by atoms with Crippen LogP contribution in [0.1, 0.15) is 10.5 Å². The number of rotatable bonds is 8. The highest BCUT2D eigenvalue weighted by Crippen LogP contribution is 2.28. The summed E-state index contributed by atoms with van der Waals surface area (Å²) in [5.41, 5.74) is -0.628. The zero-order valence-corrected chi connectivity index (χ0v) is 15.9. The number of halogens is 1. The maximum Gasteiger partial charge on any atom is 0.311 e. The highest BCUT2D eigenvalue weighted by molar-refractivity contribution is 6.03. The Kier molecular flexibility index (Phi) is 6.05. The van der Waals surface area contributed by atoms with Gasteiger partial charge in [-0.3, -0.25) is 25.0 Å². The molecule has 1 amide bonds. The fraction of sp³-hybridized carbons (Fsp3) is 0.111. The van der Waals surface area contributed by atoms with Gasteiger partial charge in [0, 0.05) is 30.5 Å². The van der Waals surface area contributed by atoms with Crippen molar-refractivity contribution in [3.8, 4) is 11.5 Å². The first-order valence-corrected chi connectivity index (χ1v) is 8.52. The number of aromatic nitrogens is 2. The summed E-state index contributed by atoms with van der Waals surface area (Å²) in [6, 6.07) is 7.87. The first kappa shape index (κ1) is 21.2. The SMILES string of the molecule is COc1cc(NC(=O)c2ccn(COc3cc(F)ccc3[N+](=O)[O-])n2)cc([N+](=O)[O-])c1. The van der Waals surface area contributed by atoms with Gasteiger partial charge in [-0.25, -0.2) is 9.07 Å². The van der Waals surface area contributed by atoms with Crippen LogP contribution in [0.2, 0.25) is 0 Å². The summed E-state index contributed by atoms with van der Waals surface area (Å²) in [4.78, 5) is 33.0. The predicted octanol–water partition coefficient (Wildman–Crippen LogP) is 3.14. The van der Waals surface area contributed by atoms with Crippen LogP contribution < -0.4 is 14.8 Å². The molecule has 0 saturated carbocycles. The van der Waals surface area contributed by atoms with E-state index in [0.717, 1.165) is 28.9 Å². The number of carbonyl (C=O) groups excluding carboxylic acids is 1. The summed E-state index contributed by atoms with van der Waals surface area (Å²) in [6.45, 7) is -0.331. The monoisotopic (exact) mass is 431 g/mol. The number of nitro benzene ring substituents is 2. The molecule has 0 spiro atoms. The van der Waals surface area contributed by atoms with Crippen LogP contribution in [0.25, 0.3) is 0 Å². The molecule has 0 radical (unpaired) electrons. The average Bonchev–Trinajstić information content (AvgIpc) is 3.21. The Morgan fingerprint density at radius 1 is 1.16 bits per heavy atom. The van der Waals surface area contributed by atoms with Crippen LogP contribution in [0.15, 0.2) is 48.7 Å². The molecule has 1 heterocycles. The second-order valence-electron chi connectivity index (χ2n) is 6.01. The number of methoxy groups -OCH3 is 1. The molecular formula is C18H14FN5O7. The van der Waals surface area contributed by atoms with Gasteiger partial charge in [0.25, 0.3) is 11.6 Å². The smallest absolute Gasteiger partial charge is 0.311 e. The molecule has 0 unspecified atom stereocenters. The van der Waals surface area contributed by atoms with E-state index in [1.54, 1.807) is 0 Å². The van der Waals surface area contributed by atoms with Crippen LogP contribution in [-0.4, -0.2) is 32.6 Å².